The van der Waals surface area contributed by atoms with Crippen LogP contribution >= 0.6 is 15.9 Å². The highest BCUT2D eigenvalue weighted by molar-refractivity contribution is 9.10. The smallest absolute Gasteiger partial charge is 0.224 e. The Hall–Kier alpha value is -1.88. The van der Waals surface area contributed by atoms with Crippen LogP contribution in [-0.2, 0) is 11.3 Å². The number of hydrogen-bond donors (Lipinski definition) is 2. The van der Waals surface area contributed by atoms with Gasteiger partial charge in [0.25, 0.3) is 0 Å². The van der Waals surface area contributed by atoms with Gasteiger partial charge >= 0.3 is 0 Å². The van der Waals surface area contributed by atoms with Crippen LogP contribution in [0.15, 0.2) is 47.1 Å². The summed E-state index contributed by atoms with van der Waals surface area (Å²) in [7, 11) is 0. The van der Waals surface area contributed by atoms with Crippen LogP contribution in [-0.4, -0.2) is 10.9 Å². The summed E-state index contributed by atoms with van der Waals surface area (Å²) in [4.78, 5) is 16.2. The lowest BCUT2D eigenvalue weighted by atomic mass is 10.2. The second-order valence-electron chi connectivity index (χ2n) is 5.03. The molecule has 0 aliphatic rings. The third-order valence-electron chi connectivity index (χ3n) is 3.21. The van der Waals surface area contributed by atoms with Gasteiger partial charge in [-0.25, -0.2) is 4.98 Å². The van der Waals surface area contributed by atoms with Gasteiger partial charge in [-0.05, 0) is 36.2 Å². The van der Waals surface area contributed by atoms with Gasteiger partial charge in [-0.3, -0.25) is 4.79 Å². The number of rotatable bonds is 7. The molecule has 0 saturated carbocycles. The predicted molar refractivity (Wildman–Crippen MR) is 93.9 cm³/mol. The molecule has 2 N–H and O–H groups in total. The van der Waals surface area contributed by atoms with Gasteiger partial charge < -0.3 is 10.6 Å². The Morgan fingerprint density at radius 3 is 2.73 bits per heavy atom. The highest BCUT2D eigenvalue weighted by Crippen LogP contribution is 2.19. The van der Waals surface area contributed by atoms with E-state index < -0.39 is 0 Å². The molecule has 5 heteroatoms. The Labute approximate surface area is 139 Å². The summed E-state index contributed by atoms with van der Waals surface area (Å²) in [6, 6.07) is 11.8. The summed E-state index contributed by atoms with van der Waals surface area (Å²) >= 11 is 3.42. The van der Waals surface area contributed by atoms with Crippen molar-refractivity contribution in [1.82, 2.24) is 4.98 Å². The van der Waals surface area contributed by atoms with Gasteiger partial charge in [-0.2, -0.15) is 0 Å². The van der Waals surface area contributed by atoms with Crippen LogP contribution in [0.2, 0.25) is 0 Å². The number of hydrogen-bond acceptors (Lipinski definition) is 3. The van der Waals surface area contributed by atoms with Crippen LogP contribution in [0.5, 0.6) is 0 Å². The van der Waals surface area contributed by atoms with Crippen LogP contribution in [0.4, 0.5) is 11.5 Å². The van der Waals surface area contributed by atoms with Crippen LogP contribution in [0.1, 0.15) is 31.7 Å². The first kappa shape index (κ1) is 16.5. The van der Waals surface area contributed by atoms with Gasteiger partial charge in [-0.1, -0.05) is 41.4 Å². The Kier molecular flexibility index (Phi) is 6.40. The number of benzene rings is 1. The molecule has 0 atom stereocenters. The van der Waals surface area contributed by atoms with E-state index in [0.717, 1.165) is 28.6 Å². The number of pyridine rings is 1. The summed E-state index contributed by atoms with van der Waals surface area (Å²) in [6.45, 7) is 2.73. The summed E-state index contributed by atoms with van der Waals surface area (Å²) in [5.41, 5.74) is 1.87. The summed E-state index contributed by atoms with van der Waals surface area (Å²) in [5, 5.41) is 6.19. The van der Waals surface area contributed by atoms with E-state index in [9.17, 15) is 4.79 Å². The zero-order valence-corrected chi connectivity index (χ0v) is 14.2. The van der Waals surface area contributed by atoms with E-state index in [-0.39, 0.29) is 5.91 Å². The Morgan fingerprint density at radius 1 is 1.23 bits per heavy atom. The molecule has 1 aromatic heterocycles. The molecular weight excluding hydrogens is 342 g/mol. The fourth-order valence-electron chi connectivity index (χ4n) is 1.99. The maximum Gasteiger partial charge on any atom is 0.224 e. The van der Waals surface area contributed by atoms with Crippen molar-refractivity contribution in [2.75, 3.05) is 10.6 Å². The van der Waals surface area contributed by atoms with Crippen molar-refractivity contribution in [3.05, 3.63) is 52.6 Å². The average molecular weight is 362 g/mol. The van der Waals surface area contributed by atoms with Crippen molar-refractivity contribution < 1.29 is 4.79 Å². The number of aromatic nitrogens is 1. The van der Waals surface area contributed by atoms with E-state index in [2.05, 4.69) is 38.5 Å². The molecule has 0 bridgehead atoms. The minimum absolute atomic E-state index is 0.0292. The Balaban J connectivity index is 1.98. The topological polar surface area (TPSA) is 54.0 Å². The molecule has 0 unspecified atom stereocenters. The quantitative estimate of drug-likeness (QED) is 0.758. The second kappa shape index (κ2) is 8.54. The van der Waals surface area contributed by atoms with Gasteiger partial charge in [0.15, 0.2) is 0 Å². The minimum Gasteiger partial charge on any atom is -0.364 e. The number of amides is 1. The van der Waals surface area contributed by atoms with Crippen molar-refractivity contribution in [1.29, 1.82) is 0 Å². The molecular formula is C17H20BrN3O. The number of unbranched alkanes of at least 4 members (excludes halogenated alkanes) is 1. The number of carbonyl (C=O) groups excluding carboxylic acids is 1. The molecule has 0 aliphatic heterocycles. The first-order valence-corrected chi connectivity index (χ1v) is 8.21. The first-order valence-electron chi connectivity index (χ1n) is 7.42. The summed E-state index contributed by atoms with van der Waals surface area (Å²) in [6.07, 6.45) is 4.16. The van der Waals surface area contributed by atoms with Crippen LogP contribution < -0.4 is 10.6 Å². The van der Waals surface area contributed by atoms with E-state index in [1.54, 1.807) is 6.20 Å². The molecule has 0 aliphatic carbocycles. The second-order valence-corrected chi connectivity index (χ2v) is 5.95. The van der Waals surface area contributed by atoms with Crippen LogP contribution in [0.3, 0.4) is 0 Å². The van der Waals surface area contributed by atoms with Crippen molar-refractivity contribution >= 4 is 33.3 Å². The normalized spacial score (nSPS) is 10.3. The molecule has 2 rings (SSSR count). The van der Waals surface area contributed by atoms with Gasteiger partial charge in [0.1, 0.15) is 5.82 Å². The molecule has 0 spiro atoms. The van der Waals surface area contributed by atoms with Crippen LogP contribution in [0.25, 0.3) is 0 Å². The van der Waals surface area contributed by atoms with E-state index in [1.165, 1.54) is 0 Å². The maximum atomic E-state index is 11.9. The number of carbonyl (C=O) groups is 1. The molecule has 1 amide bonds. The summed E-state index contributed by atoms with van der Waals surface area (Å²) < 4.78 is 1.05. The van der Waals surface area contributed by atoms with Crippen molar-refractivity contribution in [3.63, 3.8) is 0 Å². The molecule has 116 valence electrons. The monoisotopic (exact) mass is 361 g/mol. The van der Waals surface area contributed by atoms with Gasteiger partial charge in [0.2, 0.25) is 5.91 Å². The zero-order chi connectivity index (χ0) is 15.8. The number of halogens is 1. The van der Waals surface area contributed by atoms with Crippen molar-refractivity contribution in [2.45, 2.75) is 32.7 Å². The molecule has 0 radical (unpaired) electrons. The van der Waals surface area contributed by atoms with Crippen molar-refractivity contribution in [3.8, 4) is 0 Å². The largest absolute Gasteiger partial charge is 0.364 e. The molecule has 0 saturated heterocycles. The first-order chi connectivity index (χ1) is 10.7. The molecule has 0 fully saturated rings. The lowest BCUT2D eigenvalue weighted by Gasteiger charge is -2.12. The van der Waals surface area contributed by atoms with Crippen LogP contribution in [0, 0.1) is 0 Å². The van der Waals surface area contributed by atoms with E-state index in [4.69, 9.17) is 0 Å². The summed E-state index contributed by atoms with van der Waals surface area (Å²) in [5.74, 6) is 0.719. The standard InChI is InChI=1S/C17H20BrN3O/c1-2-3-6-16(22)21-15-5-4-11-19-17(15)20-12-13-7-9-14(18)10-8-13/h4-5,7-11H,2-3,6,12H2,1H3,(H,19,20)(H,21,22). The highest BCUT2D eigenvalue weighted by atomic mass is 79.9. The fourth-order valence-corrected chi connectivity index (χ4v) is 2.25. The molecule has 2 aromatic rings. The van der Waals surface area contributed by atoms with E-state index in [0.29, 0.717) is 18.8 Å². The molecule has 1 heterocycles. The average Bonchev–Trinajstić information content (AvgIpc) is 2.53. The lowest BCUT2D eigenvalue weighted by Crippen LogP contribution is -2.13. The zero-order valence-electron chi connectivity index (χ0n) is 12.6. The Morgan fingerprint density at radius 2 is 2.00 bits per heavy atom. The van der Waals surface area contributed by atoms with E-state index >= 15 is 0 Å². The predicted octanol–water partition coefficient (Wildman–Crippen LogP) is 4.58. The Bertz CT molecular complexity index is 614. The molecule has 22 heavy (non-hydrogen) atoms. The fraction of sp³-hybridized carbons (Fsp3) is 0.294. The SMILES string of the molecule is CCCCC(=O)Nc1cccnc1NCc1ccc(Br)cc1. The van der Waals surface area contributed by atoms with Gasteiger partial charge in [0, 0.05) is 23.6 Å². The minimum atomic E-state index is 0.0292. The molecule has 1 aromatic carbocycles. The third-order valence-corrected chi connectivity index (χ3v) is 3.74. The lowest BCUT2D eigenvalue weighted by molar-refractivity contribution is -0.116. The number of nitrogens with one attached hydrogen (secondary N) is 2. The molecule has 4 nitrogen and oxygen atoms in total. The van der Waals surface area contributed by atoms with Gasteiger partial charge in [0.05, 0.1) is 5.69 Å². The third kappa shape index (κ3) is 5.15. The highest BCUT2D eigenvalue weighted by Gasteiger charge is 2.07. The number of nitrogens with zero attached hydrogens (tertiary/aromatic N) is 1. The maximum absolute atomic E-state index is 11.9. The number of anilines is 2. The van der Waals surface area contributed by atoms with Crippen molar-refractivity contribution in [2.24, 2.45) is 0 Å². The van der Waals surface area contributed by atoms with Gasteiger partial charge in [-0.15, -0.1) is 0 Å². The van der Waals surface area contributed by atoms with E-state index in [1.807, 2.05) is 36.4 Å².